The van der Waals surface area contributed by atoms with Crippen molar-refractivity contribution in [2.45, 2.75) is 83.8 Å². The molecule has 146 valence electrons. The third kappa shape index (κ3) is 7.95. The van der Waals surface area contributed by atoms with E-state index in [4.69, 9.17) is 14.5 Å². The molecule has 2 rings (SSSR count). The molecule has 5 nitrogen and oxygen atoms in total. The maximum atomic E-state index is 6.12. The lowest BCUT2D eigenvalue weighted by Crippen LogP contribution is -2.47. The van der Waals surface area contributed by atoms with Gasteiger partial charge in [-0.3, -0.25) is 4.99 Å². The van der Waals surface area contributed by atoms with Crippen LogP contribution in [0.25, 0.3) is 0 Å². The zero-order chi connectivity index (χ0) is 17.7. The van der Waals surface area contributed by atoms with E-state index >= 15 is 0 Å². The van der Waals surface area contributed by atoms with E-state index in [2.05, 4.69) is 24.1 Å². The zero-order valence-corrected chi connectivity index (χ0v) is 16.5. The molecule has 0 aromatic carbocycles. The zero-order valence-electron chi connectivity index (χ0n) is 16.5. The maximum Gasteiger partial charge on any atom is 0.193 e. The summed E-state index contributed by atoms with van der Waals surface area (Å²) in [5, 5.41) is 3.46. The molecule has 1 N–H and O–H groups in total. The number of piperidine rings is 1. The molecule has 2 aliphatic heterocycles. The lowest BCUT2D eigenvalue weighted by atomic mass is 10.1. The molecule has 2 heterocycles. The average molecular weight is 354 g/mol. The second kappa shape index (κ2) is 12.5. The molecule has 2 saturated heterocycles. The van der Waals surface area contributed by atoms with Gasteiger partial charge in [0.1, 0.15) is 0 Å². The van der Waals surface area contributed by atoms with Gasteiger partial charge in [-0.25, -0.2) is 0 Å². The molecular weight excluding hydrogens is 314 g/mol. The number of rotatable bonds is 9. The van der Waals surface area contributed by atoms with Crippen LogP contribution in [0.2, 0.25) is 0 Å². The Bertz CT molecular complexity index is 362. The summed E-state index contributed by atoms with van der Waals surface area (Å²) in [5.74, 6) is 1.09. The van der Waals surface area contributed by atoms with Crippen molar-refractivity contribution in [1.82, 2.24) is 10.2 Å². The van der Waals surface area contributed by atoms with Crippen molar-refractivity contribution in [3.63, 3.8) is 0 Å². The standard InChI is InChI=1S/C20H39N3O2/c1-3-5-6-8-13-22-20(21-4-2)23-14-11-18(12-15-23)25-17-19-10-7-9-16-24-19/h18-19H,3-17H2,1-2H3,(H,21,22). The van der Waals surface area contributed by atoms with Crippen LogP contribution in [0.5, 0.6) is 0 Å². The summed E-state index contributed by atoms with van der Waals surface area (Å²) in [6.45, 7) is 10.0. The van der Waals surface area contributed by atoms with E-state index in [1.807, 2.05) is 0 Å². The molecule has 0 aromatic rings. The monoisotopic (exact) mass is 353 g/mol. The first-order valence-corrected chi connectivity index (χ1v) is 10.6. The number of hydrogen-bond acceptors (Lipinski definition) is 3. The summed E-state index contributed by atoms with van der Waals surface area (Å²) in [4.78, 5) is 7.23. The Balaban J connectivity index is 1.67. The number of guanidine groups is 1. The van der Waals surface area contributed by atoms with Gasteiger partial charge in [0, 0.05) is 32.8 Å². The van der Waals surface area contributed by atoms with Gasteiger partial charge in [-0.1, -0.05) is 26.2 Å². The van der Waals surface area contributed by atoms with E-state index in [9.17, 15) is 0 Å². The highest BCUT2D eigenvalue weighted by molar-refractivity contribution is 5.80. The Morgan fingerprint density at radius 3 is 2.64 bits per heavy atom. The molecule has 0 amide bonds. The first kappa shape index (κ1) is 20.5. The van der Waals surface area contributed by atoms with E-state index < -0.39 is 0 Å². The van der Waals surface area contributed by atoms with E-state index in [1.54, 1.807) is 0 Å². The van der Waals surface area contributed by atoms with Crippen LogP contribution in [0.3, 0.4) is 0 Å². The minimum Gasteiger partial charge on any atom is -0.376 e. The van der Waals surface area contributed by atoms with Crippen molar-refractivity contribution in [2.24, 2.45) is 4.99 Å². The summed E-state index contributed by atoms with van der Waals surface area (Å²) in [6, 6.07) is 0. The van der Waals surface area contributed by atoms with Crippen molar-refractivity contribution in [3.05, 3.63) is 0 Å². The van der Waals surface area contributed by atoms with Crippen LogP contribution in [0.1, 0.15) is 71.6 Å². The average Bonchev–Trinajstić information content (AvgIpc) is 2.67. The minimum absolute atomic E-state index is 0.328. The quantitative estimate of drug-likeness (QED) is 0.391. The highest BCUT2D eigenvalue weighted by Gasteiger charge is 2.23. The second-order valence-electron chi connectivity index (χ2n) is 7.30. The van der Waals surface area contributed by atoms with Crippen LogP contribution < -0.4 is 5.32 Å². The van der Waals surface area contributed by atoms with Crippen molar-refractivity contribution in [3.8, 4) is 0 Å². The highest BCUT2D eigenvalue weighted by Crippen LogP contribution is 2.18. The number of unbranched alkanes of at least 4 members (excludes halogenated alkanes) is 3. The van der Waals surface area contributed by atoms with Crippen molar-refractivity contribution < 1.29 is 9.47 Å². The topological polar surface area (TPSA) is 46.1 Å². The lowest BCUT2D eigenvalue weighted by molar-refractivity contribution is -0.0721. The summed E-state index contributed by atoms with van der Waals surface area (Å²) < 4.78 is 11.9. The molecule has 0 bridgehead atoms. The fourth-order valence-corrected chi connectivity index (χ4v) is 3.57. The third-order valence-corrected chi connectivity index (χ3v) is 5.14. The van der Waals surface area contributed by atoms with E-state index in [0.717, 1.165) is 64.6 Å². The van der Waals surface area contributed by atoms with Crippen LogP contribution in [0.4, 0.5) is 0 Å². The first-order chi connectivity index (χ1) is 12.3. The number of likely N-dealkylation sites (tertiary alicyclic amines) is 1. The molecule has 1 atom stereocenters. The number of hydrogen-bond donors (Lipinski definition) is 1. The molecular formula is C20H39N3O2. The van der Waals surface area contributed by atoms with Gasteiger partial charge in [-0.15, -0.1) is 0 Å². The molecule has 25 heavy (non-hydrogen) atoms. The van der Waals surface area contributed by atoms with Gasteiger partial charge in [0.05, 0.1) is 18.8 Å². The molecule has 0 aromatic heterocycles. The Morgan fingerprint density at radius 2 is 1.96 bits per heavy atom. The minimum atomic E-state index is 0.328. The van der Waals surface area contributed by atoms with Gasteiger partial charge in [0.15, 0.2) is 5.96 Å². The fourth-order valence-electron chi connectivity index (χ4n) is 3.57. The highest BCUT2D eigenvalue weighted by atomic mass is 16.5. The van der Waals surface area contributed by atoms with Crippen LogP contribution in [0.15, 0.2) is 4.99 Å². The summed E-state index contributed by atoms with van der Waals surface area (Å²) in [5.41, 5.74) is 0. The molecule has 2 aliphatic rings. The normalized spacial score (nSPS) is 23.0. The Hall–Kier alpha value is -0.810. The molecule has 0 radical (unpaired) electrons. The SMILES string of the molecule is CCCCCCN=C(NCC)N1CCC(OCC2CCCCO2)CC1. The van der Waals surface area contributed by atoms with Gasteiger partial charge in [-0.2, -0.15) is 0 Å². The summed E-state index contributed by atoms with van der Waals surface area (Å²) in [6.07, 6.45) is 11.6. The Morgan fingerprint density at radius 1 is 1.12 bits per heavy atom. The van der Waals surface area contributed by atoms with Crippen LogP contribution in [0, 0.1) is 0 Å². The molecule has 0 aliphatic carbocycles. The summed E-state index contributed by atoms with van der Waals surface area (Å²) >= 11 is 0. The fraction of sp³-hybridized carbons (Fsp3) is 0.950. The number of ether oxygens (including phenoxy) is 2. The maximum absolute atomic E-state index is 6.12. The summed E-state index contributed by atoms with van der Waals surface area (Å²) in [7, 11) is 0. The smallest absolute Gasteiger partial charge is 0.193 e. The van der Waals surface area contributed by atoms with Crippen molar-refractivity contribution in [2.75, 3.05) is 39.4 Å². The molecule has 0 spiro atoms. The molecule has 0 saturated carbocycles. The van der Waals surface area contributed by atoms with Gasteiger partial charge in [-0.05, 0) is 45.4 Å². The van der Waals surface area contributed by atoms with Gasteiger partial charge in [0.2, 0.25) is 0 Å². The first-order valence-electron chi connectivity index (χ1n) is 10.6. The Kier molecular flexibility index (Phi) is 10.3. The second-order valence-corrected chi connectivity index (χ2v) is 7.30. The van der Waals surface area contributed by atoms with Crippen LogP contribution in [-0.2, 0) is 9.47 Å². The third-order valence-electron chi connectivity index (χ3n) is 5.14. The van der Waals surface area contributed by atoms with Crippen molar-refractivity contribution in [1.29, 1.82) is 0 Å². The van der Waals surface area contributed by atoms with Crippen LogP contribution >= 0.6 is 0 Å². The van der Waals surface area contributed by atoms with E-state index in [-0.39, 0.29) is 0 Å². The number of nitrogens with zero attached hydrogens (tertiary/aromatic N) is 2. The number of aliphatic imine (C=N–C) groups is 1. The van der Waals surface area contributed by atoms with Crippen LogP contribution in [-0.4, -0.2) is 62.5 Å². The van der Waals surface area contributed by atoms with Gasteiger partial charge in [0.25, 0.3) is 0 Å². The largest absolute Gasteiger partial charge is 0.376 e. The van der Waals surface area contributed by atoms with E-state index in [0.29, 0.717) is 12.2 Å². The molecule has 5 heteroatoms. The molecule has 1 unspecified atom stereocenters. The predicted octanol–water partition coefficient (Wildman–Crippen LogP) is 3.58. The van der Waals surface area contributed by atoms with E-state index in [1.165, 1.54) is 38.5 Å². The predicted molar refractivity (Wildman–Crippen MR) is 104 cm³/mol. The van der Waals surface area contributed by atoms with Gasteiger partial charge < -0.3 is 19.7 Å². The molecule has 2 fully saturated rings. The lowest BCUT2D eigenvalue weighted by Gasteiger charge is -2.35. The number of nitrogens with one attached hydrogen (secondary N) is 1. The van der Waals surface area contributed by atoms with Gasteiger partial charge >= 0.3 is 0 Å². The van der Waals surface area contributed by atoms with Crippen molar-refractivity contribution >= 4 is 5.96 Å². The Labute approximate surface area is 154 Å².